The van der Waals surface area contributed by atoms with Gasteiger partial charge in [-0.1, -0.05) is 28.4 Å². The first-order valence-electron chi connectivity index (χ1n) is 23.7. The molecule has 6 atom stereocenters. The van der Waals surface area contributed by atoms with Crippen LogP contribution < -0.4 is 20.7 Å². The number of imide groups is 1. The van der Waals surface area contributed by atoms with Gasteiger partial charge < -0.3 is 40.0 Å². The number of carbonyl (C=O) groups excluding carboxylic acids is 5. The zero-order valence-electron chi connectivity index (χ0n) is 39.9. The first-order valence-corrected chi connectivity index (χ1v) is 24.4. The Labute approximate surface area is 441 Å². The molecule has 2 saturated heterocycles. The number of aromatic nitrogens is 7. The van der Waals surface area contributed by atoms with Gasteiger partial charge in [0.15, 0.2) is 5.82 Å². The van der Waals surface area contributed by atoms with Crippen LogP contribution in [0.2, 0.25) is 10.0 Å². The molecule has 3 aromatic carbocycles. The summed E-state index contributed by atoms with van der Waals surface area (Å²) >= 11 is 11.9. The van der Waals surface area contributed by atoms with Gasteiger partial charge in [0.25, 0.3) is 11.8 Å². The minimum absolute atomic E-state index is 0.0414. The van der Waals surface area contributed by atoms with Crippen molar-refractivity contribution in [2.45, 2.75) is 94.0 Å². The number of halogens is 7. The third-order valence-electron chi connectivity index (χ3n) is 13.4. The van der Waals surface area contributed by atoms with E-state index in [9.17, 15) is 56.1 Å². The average molecular weight is 1110 g/mol. The van der Waals surface area contributed by atoms with Crippen LogP contribution in [-0.2, 0) is 36.6 Å². The molecule has 0 unspecified atom stereocenters. The molecule has 5 N–H and O–H groups in total. The molecule has 6 heterocycles. The summed E-state index contributed by atoms with van der Waals surface area (Å²) in [6.07, 6.45) is -8.24. The van der Waals surface area contributed by atoms with Crippen LogP contribution in [-0.4, -0.2) is 129 Å². The Morgan fingerprint density at radius 3 is 2.48 bits per heavy atom. The van der Waals surface area contributed by atoms with Gasteiger partial charge in [0, 0.05) is 53.7 Å². The van der Waals surface area contributed by atoms with Crippen LogP contribution in [0.4, 0.5) is 27.6 Å². The summed E-state index contributed by atoms with van der Waals surface area (Å²) in [6.45, 7) is -0.0902. The summed E-state index contributed by atoms with van der Waals surface area (Å²) < 4.78 is 92.8. The Kier molecular flexibility index (Phi) is 14.5. The predicted octanol–water partition coefficient (Wildman–Crippen LogP) is 4.99. The van der Waals surface area contributed by atoms with E-state index in [-0.39, 0.29) is 58.9 Å². The second-order valence-electron chi connectivity index (χ2n) is 18.5. The smallest absolute Gasteiger partial charge is 0.418 e. The highest BCUT2D eigenvalue weighted by Crippen LogP contribution is 2.43. The number of aliphatic hydroxyl groups is 2. The van der Waals surface area contributed by atoms with Crippen molar-refractivity contribution >= 4 is 58.4 Å². The van der Waals surface area contributed by atoms with E-state index < -0.39 is 120 Å². The molecule has 21 nitrogen and oxygen atoms in total. The molecule has 1 aliphatic carbocycles. The van der Waals surface area contributed by atoms with Gasteiger partial charge in [0.1, 0.15) is 88.8 Å². The van der Waals surface area contributed by atoms with Crippen LogP contribution >= 0.6 is 23.2 Å². The monoisotopic (exact) mass is 1110 g/mol. The molecule has 77 heavy (non-hydrogen) atoms. The number of pyridine rings is 1. The lowest BCUT2D eigenvalue weighted by Crippen LogP contribution is -2.55. The first-order chi connectivity index (χ1) is 36.7. The van der Waals surface area contributed by atoms with E-state index in [0.29, 0.717) is 35.4 Å². The molecule has 3 fully saturated rings. The number of fused-ring (bicyclic) bond motifs is 1. The summed E-state index contributed by atoms with van der Waals surface area (Å²) in [7, 11) is 0. The van der Waals surface area contributed by atoms with Crippen molar-refractivity contribution in [2.75, 3.05) is 18.5 Å². The molecule has 6 aromatic rings. The molecule has 0 radical (unpaired) electrons. The fraction of sp³-hybridized carbons (Fsp3) is 0.347. The van der Waals surface area contributed by atoms with Crippen molar-refractivity contribution in [1.82, 2.24) is 50.3 Å². The number of amides is 5. The number of anilines is 1. The zero-order chi connectivity index (χ0) is 54.6. The topological polar surface area (TPSA) is 267 Å². The molecule has 3 aromatic heterocycles. The van der Waals surface area contributed by atoms with Crippen molar-refractivity contribution in [1.29, 1.82) is 0 Å². The lowest BCUT2D eigenvalue weighted by Gasteiger charge is -2.43. The standard InChI is InChI=1S/C49H42Cl2F5N11O10/c1-21-58-45(67(63-21)36-13-24(50)2-6-30(36)49(54,55)56)44-43(41(42(71)37(19-68)77-44)66-18-34(62-64-66)22-11-31(52)40(51)32(53)12-22)75-20-39(70)59-26-14-28(15-26)76-27-4-7-33(57-16-27)46(72)60-25-3-5-29-23(10-25)17-65(48(29)74)35-8-9-38(69)61-47(35)73/h2-7,10-13,16,18,26,28,35,37,41-44,68,71H,8-9,14-15,17,19-20H2,1H3,(H,59,70)(H,60,72)(H,61,69,73)/t26?,28?,35-,37-,41+,42+,43-,44-/m1/s1. The summed E-state index contributed by atoms with van der Waals surface area (Å²) in [5.74, 6) is -4.78. The number of carbonyl (C=O) groups is 5. The Balaban J connectivity index is 0.806. The molecule has 1 saturated carbocycles. The summed E-state index contributed by atoms with van der Waals surface area (Å²) in [6, 6.07) is 9.60. The number of nitrogens with zero attached hydrogens (tertiary/aromatic N) is 8. The number of aryl methyl sites for hydroxylation is 1. The largest absolute Gasteiger partial charge is 0.489 e. The van der Waals surface area contributed by atoms with E-state index >= 15 is 0 Å². The Morgan fingerprint density at radius 2 is 1.78 bits per heavy atom. The molecule has 3 aliphatic heterocycles. The van der Waals surface area contributed by atoms with Crippen LogP contribution in [0.15, 0.2) is 73.1 Å². The second kappa shape index (κ2) is 21.1. The summed E-state index contributed by atoms with van der Waals surface area (Å²) in [5.41, 5.74) is -0.543. The molecular weight excluding hydrogens is 1070 g/mol. The minimum atomic E-state index is -4.92. The lowest BCUT2D eigenvalue weighted by atomic mass is 9.89. The second-order valence-corrected chi connectivity index (χ2v) is 19.4. The van der Waals surface area contributed by atoms with Gasteiger partial charge in [-0.15, -0.1) is 5.10 Å². The molecule has 10 rings (SSSR count). The maximum absolute atomic E-state index is 14.5. The number of alkyl halides is 3. The highest BCUT2D eigenvalue weighted by Gasteiger charge is 2.51. The van der Waals surface area contributed by atoms with Crippen LogP contribution in [0.5, 0.6) is 5.75 Å². The summed E-state index contributed by atoms with van der Waals surface area (Å²) in [5, 5.41) is 41.5. The van der Waals surface area contributed by atoms with Crippen molar-refractivity contribution in [2.24, 2.45) is 0 Å². The first kappa shape index (κ1) is 52.9. The van der Waals surface area contributed by atoms with E-state index in [1.807, 2.05) is 0 Å². The fourth-order valence-electron chi connectivity index (χ4n) is 9.61. The van der Waals surface area contributed by atoms with E-state index in [1.54, 1.807) is 24.3 Å². The minimum Gasteiger partial charge on any atom is -0.489 e. The predicted molar refractivity (Wildman–Crippen MR) is 256 cm³/mol. The molecule has 5 amide bonds. The SMILES string of the molecule is Cc1nc([C@@H]2O[C@H](CO)[C@H](O)[C@H](n3cc(-c4cc(F)c(Cl)c(F)c4)nn3)[C@H]2OCC(=O)NC2CC(Oc3ccc(C(=O)Nc4ccc5c(c4)CN([C@@H]4CCC(=O)NC4=O)C5=O)nc3)C2)n(-c2cc(Cl)ccc2C(F)(F)F)n1. The van der Waals surface area contributed by atoms with Crippen molar-refractivity contribution in [3.63, 3.8) is 0 Å². The van der Waals surface area contributed by atoms with Crippen molar-refractivity contribution in [3.05, 3.63) is 129 Å². The normalized spacial score (nSPS) is 23.3. The summed E-state index contributed by atoms with van der Waals surface area (Å²) in [4.78, 5) is 73.9. The number of ether oxygens (including phenoxy) is 3. The van der Waals surface area contributed by atoms with Crippen LogP contribution in [0.3, 0.4) is 0 Å². The van der Waals surface area contributed by atoms with Crippen LogP contribution in [0, 0.1) is 18.6 Å². The number of aliphatic hydroxyl groups excluding tert-OH is 2. The maximum Gasteiger partial charge on any atom is 0.418 e. The van der Waals surface area contributed by atoms with Crippen molar-refractivity contribution < 1.29 is 70.3 Å². The number of rotatable bonds is 14. The van der Waals surface area contributed by atoms with Gasteiger partial charge in [-0.25, -0.2) is 28.1 Å². The number of piperidine rings is 1. The van der Waals surface area contributed by atoms with E-state index in [0.717, 1.165) is 39.7 Å². The van der Waals surface area contributed by atoms with Crippen LogP contribution in [0.1, 0.15) is 81.5 Å². The van der Waals surface area contributed by atoms with Gasteiger partial charge in [0.2, 0.25) is 17.7 Å². The van der Waals surface area contributed by atoms with Gasteiger partial charge in [0.05, 0.1) is 30.3 Å². The van der Waals surface area contributed by atoms with Gasteiger partial charge in [-0.05, 0) is 79.6 Å². The third kappa shape index (κ3) is 10.8. The molecular formula is C49H42Cl2F5N11O10. The highest BCUT2D eigenvalue weighted by atomic mass is 35.5. The number of benzene rings is 3. The Morgan fingerprint density at radius 1 is 1.01 bits per heavy atom. The van der Waals surface area contributed by atoms with E-state index in [4.69, 9.17) is 37.4 Å². The molecule has 0 spiro atoms. The van der Waals surface area contributed by atoms with Gasteiger partial charge in [-0.3, -0.25) is 29.3 Å². The van der Waals surface area contributed by atoms with Crippen molar-refractivity contribution in [3.8, 4) is 22.7 Å². The number of hydrogen-bond donors (Lipinski definition) is 5. The van der Waals surface area contributed by atoms with Gasteiger partial charge >= 0.3 is 6.18 Å². The van der Waals surface area contributed by atoms with Gasteiger partial charge in [-0.2, -0.15) is 18.3 Å². The zero-order valence-corrected chi connectivity index (χ0v) is 41.4. The number of hydrogen-bond acceptors (Lipinski definition) is 15. The Bertz CT molecular complexity index is 3300. The molecule has 28 heteroatoms. The quantitative estimate of drug-likeness (QED) is 0.0546. The maximum atomic E-state index is 14.5. The molecule has 4 aliphatic rings. The van der Waals surface area contributed by atoms with E-state index in [1.165, 1.54) is 30.3 Å². The van der Waals surface area contributed by atoms with Crippen LogP contribution in [0.25, 0.3) is 16.9 Å². The third-order valence-corrected chi connectivity index (χ3v) is 14.0. The average Bonchev–Trinajstić information content (AvgIpc) is 4.18. The number of nitrogens with one attached hydrogen (secondary N) is 3. The Hall–Kier alpha value is -7.49. The fourth-order valence-corrected chi connectivity index (χ4v) is 9.88. The molecule has 0 bridgehead atoms. The molecule has 402 valence electrons. The van der Waals surface area contributed by atoms with E-state index in [2.05, 4.69) is 41.3 Å². The highest BCUT2D eigenvalue weighted by molar-refractivity contribution is 6.31. The lowest BCUT2D eigenvalue weighted by molar-refractivity contribution is -0.223.